The zero-order valence-electron chi connectivity index (χ0n) is 10.0. The molecule has 1 aliphatic rings. The second kappa shape index (κ2) is 5.24. The summed E-state index contributed by atoms with van der Waals surface area (Å²) in [5.41, 5.74) is 6.28. The van der Waals surface area contributed by atoms with E-state index in [9.17, 15) is 4.39 Å². The lowest BCUT2D eigenvalue weighted by molar-refractivity contribution is 0.121. The van der Waals surface area contributed by atoms with Crippen molar-refractivity contribution in [2.45, 2.75) is 12.5 Å². The molecular weight excluding hydrogens is 301 g/mol. The van der Waals surface area contributed by atoms with Crippen LogP contribution in [0.15, 0.2) is 16.6 Å². The van der Waals surface area contributed by atoms with Gasteiger partial charge >= 0.3 is 0 Å². The van der Waals surface area contributed by atoms with Crippen LogP contribution in [0.1, 0.15) is 12.0 Å². The van der Waals surface area contributed by atoms with Crippen LogP contribution in [0.5, 0.6) is 0 Å². The van der Waals surface area contributed by atoms with Gasteiger partial charge in [0.2, 0.25) is 0 Å². The van der Waals surface area contributed by atoms with Crippen LogP contribution >= 0.6 is 15.9 Å². The van der Waals surface area contributed by atoms with Gasteiger partial charge in [0.1, 0.15) is 5.84 Å². The van der Waals surface area contributed by atoms with E-state index in [0.717, 1.165) is 13.0 Å². The summed E-state index contributed by atoms with van der Waals surface area (Å²) in [6, 6.07) is 3.32. The standard InChI is InChI=1S/C12H15BrFN3O/c1-18-7-4-5-17(6-7)9-3-2-8(12(15)16)10(13)11(9)14/h2-3,7H,4-6H2,1H3,(H3,15,16). The molecule has 1 unspecified atom stereocenters. The third kappa shape index (κ3) is 2.35. The number of nitrogens with two attached hydrogens (primary N) is 1. The highest BCUT2D eigenvalue weighted by Crippen LogP contribution is 2.31. The predicted molar refractivity (Wildman–Crippen MR) is 72.7 cm³/mol. The van der Waals surface area contributed by atoms with Gasteiger partial charge in [-0.2, -0.15) is 0 Å². The molecule has 0 aromatic heterocycles. The van der Waals surface area contributed by atoms with Gasteiger partial charge in [0, 0.05) is 25.8 Å². The molecule has 0 spiro atoms. The normalized spacial score (nSPS) is 19.3. The Kier molecular flexibility index (Phi) is 3.87. The number of anilines is 1. The molecule has 6 heteroatoms. The quantitative estimate of drug-likeness (QED) is 0.663. The average Bonchev–Trinajstić information content (AvgIpc) is 2.80. The maximum absolute atomic E-state index is 14.2. The topological polar surface area (TPSA) is 62.3 Å². The van der Waals surface area contributed by atoms with Gasteiger partial charge < -0.3 is 15.4 Å². The molecule has 1 aromatic rings. The number of nitrogens with one attached hydrogen (secondary N) is 1. The number of nitrogen functional groups attached to an aromatic ring is 1. The lowest BCUT2D eigenvalue weighted by atomic mass is 10.1. The molecule has 1 fully saturated rings. The number of nitrogens with zero attached hydrogens (tertiary/aromatic N) is 1. The lowest BCUT2D eigenvalue weighted by Crippen LogP contribution is -2.24. The highest BCUT2D eigenvalue weighted by atomic mass is 79.9. The van der Waals surface area contributed by atoms with Crippen molar-refractivity contribution in [3.63, 3.8) is 0 Å². The predicted octanol–water partition coefficient (Wildman–Crippen LogP) is 2.10. The summed E-state index contributed by atoms with van der Waals surface area (Å²) >= 11 is 3.16. The molecule has 1 aliphatic heterocycles. The highest BCUT2D eigenvalue weighted by Gasteiger charge is 2.25. The van der Waals surface area contributed by atoms with Gasteiger partial charge in [0.05, 0.1) is 16.3 Å². The van der Waals surface area contributed by atoms with Crippen LogP contribution in [0.2, 0.25) is 0 Å². The van der Waals surface area contributed by atoms with Gasteiger partial charge in [-0.1, -0.05) is 0 Å². The van der Waals surface area contributed by atoms with Crippen molar-refractivity contribution in [3.05, 3.63) is 28.0 Å². The first kappa shape index (κ1) is 13.3. The summed E-state index contributed by atoms with van der Waals surface area (Å²) < 4.78 is 19.7. The molecular formula is C12H15BrFN3O. The minimum absolute atomic E-state index is 0.149. The van der Waals surface area contributed by atoms with Crippen molar-refractivity contribution in [1.29, 1.82) is 5.41 Å². The molecule has 1 saturated heterocycles. The molecule has 1 atom stereocenters. The third-order valence-electron chi connectivity index (χ3n) is 3.17. The van der Waals surface area contributed by atoms with Crippen LogP contribution in [0, 0.1) is 11.2 Å². The SMILES string of the molecule is COC1CCN(c2ccc(C(=N)N)c(Br)c2F)C1. The van der Waals surface area contributed by atoms with E-state index >= 15 is 0 Å². The summed E-state index contributed by atoms with van der Waals surface area (Å²) in [5, 5.41) is 7.36. The summed E-state index contributed by atoms with van der Waals surface area (Å²) in [5.74, 6) is -0.525. The van der Waals surface area contributed by atoms with E-state index in [1.54, 1.807) is 19.2 Å². The Morgan fingerprint density at radius 3 is 2.89 bits per heavy atom. The number of halogens is 2. The summed E-state index contributed by atoms with van der Waals surface area (Å²) in [4.78, 5) is 1.94. The largest absolute Gasteiger partial charge is 0.384 e. The Morgan fingerprint density at radius 2 is 2.33 bits per heavy atom. The monoisotopic (exact) mass is 315 g/mol. The van der Waals surface area contributed by atoms with Gasteiger partial charge in [-0.15, -0.1) is 0 Å². The van der Waals surface area contributed by atoms with Crippen LogP contribution in [-0.4, -0.2) is 32.1 Å². The molecule has 1 heterocycles. The highest BCUT2D eigenvalue weighted by molar-refractivity contribution is 9.10. The van der Waals surface area contributed by atoms with Gasteiger partial charge in [0.25, 0.3) is 0 Å². The third-order valence-corrected chi connectivity index (χ3v) is 3.95. The first-order valence-electron chi connectivity index (χ1n) is 5.64. The van der Waals surface area contributed by atoms with E-state index in [4.69, 9.17) is 15.9 Å². The van der Waals surface area contributed by atoms with E-state index < -0.39 is 0 Å². The van der Waals surface area contributed by atoms with E-state index in [1.165, 1.54) is 0 Å². The number of amidine groups is 1. The van der Waals surface area contributed by atoms with Crippen molar-refractivity contribution in [2.75, 3.05) is 25.1 Å². The van der Waals surface area contributed by atoms with Crippen molar-refractivity contribution < 1.29 is 9.13 Å². The zero-order chi connectivity index (χ0) is 13.3. The fraction of sp³-hybridized carbons (Fsp3) is 0.417. The Labute approximate surface area is 114 Å². The molecule has 4 nitrogen and oxygen atoms in total. The van der Waals surface area contributed by atoms with E-state index in [1.807, 2.05) is 4.90 Å². The molecule has 2 rings (SSSR count). The number of rotatable bonds is 3. The first-order valence-corrected chi connectivity index (χ1v) is 6.44. The number of benzene rings is 1. The molecule has 98 valence electrons. The fourth-order valence-electron chi connectivity index (χ4n) is 2.13. The lowest BCUT2D eigenvalue weighted by Gasteiger charge is -2.20. The molecule has 0 amide bonds. The summed E-state index contributed by atoms with van der Waals surface area (Å²) in [6.07, 6.45) is 1.04. The van der Waals surface area contributed by atoms with Crippen LogP contribution in [-0.2, 0) is 4.74 Å². The minimum Gasteiger partial charge on any atom is -0.384 e. The van der Waals surface area contributed by atoms with E-state index in [2.05, 4.69) is 15.9 Å². The number of hydrogen-bond acceptors (Lipinski definition) is 3. The maximum atomic E-state index is 14.2. The van der Waals surface area contributed by atoms with Crippen LogP contribution < -0.4 is 10.6 Å². The molecule has 0 saturated carbocycles. The Balaban J connectivity index is 2.30. The Hall–Kier alpha value is -1.14. The minimum atomic E-state index is -0.376. The Morgan fingerprint density at radius 1 is 1.61 bits per heavy atom. The van der Waals surface area contributed by atoms with Crippen LogP contribution in [0.25, 0.3) is 0 Å². The zero-order valence-corrected chi connectivity index (χ0v) is 11.6. The van der Waals surface area contributed by atoms with Crippen molar-refractivity contribution in [2.24, 2.45) is 5.73 Å². The number of methoxy groups -OCH3 is 1. The van der Waals surface area contributed by atoms with Gasteiger partial charge in [0.15, 0.2) is 5.82 Å². The summed E-state index contributed by atoms with van der Waals surface area (Å²) in [6.45, 7) is 1.45. The second-order valence-corrected chi connectivity index (χ2v) is 5.06. The average molecular weight is 316 g/mol. The molecule has 0 bridgehead atoms. The molecule has 18 heavy (non-hydrogen) atoms. The molecule has 3 N–H and O–H groups in total. The van der Waals surface area contributed by atoms with Gasteiger partial charge in [-0.3, -0.25) is 5.41 Å². The number of ether oxygens (including phenoxy) is 1. The van der Waals surface area contributed by atoms with Gasteiger partial charge in [-0.25, -0.2) is 4.39 Å². The van der Waals surface area contributed by atoms with Crippen LogP contribution in [0.3, 0.4) is 0 Å². The fourth-order valence-corrected chi connectivity index (χ4v) is 2.68. The second-order valence-electron chi connectivity index (χ2n) is 4.27. The first-order chi connectivity index (χ1) is 8.54. The van der Waals surface area contributed by atoms with E-state index in [-0.39, 0.29) is 22.2 Å². The molecule has 0 radical (unpaired) electrons. The van der Waals surface area contributed by atoms with Gasteiger partial charge in [-0.05, 0) is 34.5 Å². The van der Waals surface area contributed by atoms with Crippen molar-refractivity contribution in [1.82, 2.24) is 0 Å². The molecule has 0 aliphatic carbocycles. The summed E-state index contributed by atoms with van der Waals surface area (Å²) in [7, 11) is 1.67. The smallest absolute Gasteiger partial charge is 0.161 e. The van der Waals surface area contributed by atoms with Crippen molar-refractivity contribution >= 4 is 27.5 Å². The molecule has 1 aromatic carbocycles. The van der Waals surface area contributed by atoms with Crippen LogP contribution in [0.4, 0.5) is 10.1 Å². The Bertz CT molecular complexity index is 481. The number of hydrogen-bond donors (Lipinski definition) is 2. The maximum Gasteiger partial charge on any atom is 0.161 e. The van der Waals surface area contributed by atoms with Crippen molar-refractivity contribution in [3.8, 4) is 0 Å². The van der Waals surface area contributed by atoms with E-state index in [0.29, 0.717) is 17.8 Å².